The molecule has 0 aliphatic carbocycles. The first-order chi connectivity index (χ1) is 22.3. The number of rotatable bonds is 6. The summed E-state index contributed by atoms with van der Waals surface area (Å²) in [6.45, 7) is 0. The summed E-state index contributed by atoms with van der Waals surface area (Å²) in [5, 5.41) is 1.01. The molecule has 0 unspecified atom stereocenters. The van der Waals surface area contributed by atoms with E-state index in [-0.39, 0.29) is 0 Å². The number of fused-ring (bicyclic) bond motifs is 1. The zero-order chi connectivity index (χ0) is 30.0. The maximum absolute atomic E-state index is 5.19. The minimum atomic E-state index is 0.685. The minimum absolute atomic E-state index is 0.685. The molecule has 6 aromatic carbocycles. The van der Waals surface area contributed by atoms with Crippen LogP contribution in [-0.4, -0.2) is 15.0 Å². The topological polar surface area (TPSA) is 38.7 Å². The van der Waals surface area contributed by atoms with Crippen molar-refractivity contribution in [2.75, 3.05) is 0 Å². The lowest BCUT2D eigenvalue weighted by molar-refractivity contribution is 1.18. The minimum Gasteiger partial charge on any atom is -0.235 e. The first-order valence-corrected chi connectivity index (χ1v) is 15.8. The van der Waals surface area contributed by atoms with Crippen LogP contribution < -0.4 is 0 Å². The van der Waals surface area contributed by atoms with Gasteiger partial charge in [-0.05, 0) is 28.8 Å². The molecule has 2 aromatic heterocycles. The van der Waals surface area contributed by atoms with Gasteiger partial charge in [0, 0.05) is 27.8 Å². The number of benzene rings is 6. The zero-order valence-corrected chi connectivity index (χ0v) is 25.2. The maximum Gasteiger partial charge on any atom is 0.161 e. The highest BCUT2D eigenvalue weighted by atomic mass is 32.1. The Balaban J connectivity index is 1.28. The third-order valence-corrected chi connectivity index (χ3v) is 9.05. The van der Waals surface area contributed by atoms with Gasteiger partial charge in [-0.3, -0.25) is 0 Å². The van der Waals surface area contributed by atoms with E-state index in [1.807, 2.05) is 30.3 Å². The molecule has 0 fully saturated rings. The highest BCUT2D eigenvalue weighted by molar-refractivity contribution is 7.21. The summed E-state index contributed by atoms with van der Waals surface area (Å²) in [6.07, 6.45) is 0. The van der Waals surface area contributed by atoms with E-state index in [4.69, 9.17) is 15.0 Å². The van der Waals surface area contributed by atoms with Crippen LogP contribution in [0.15, 0.2) is 164 Å². The molecular formula is C41H27N3S. The van der Waals surface area contributed by atoms with Crippen molar-refractivity contribution in [3.63, 3.8) is 0 Å². The normalized spacial score (nSPS) is 11.1. The average molecular weight is 594 g/mol. The SMILES string of the molecule is c1ccc(-c2ccc(-c3cc(-c4ccccc4)nc(-c4ccccc4-c4cccc5sc(-c6ccccc6)nc45)n3)cc2)cc1. The monoisotopic (exact) mass is 593 g/mol. The van der Waals surface area contributed by atoms with Gasteiger partial charge in [-0.1, -0.05) is 152 Å². The van der Waals surface area contributed by atoms with Crippen molar-refractivity contribution in [2.45, 2.75) is 0 Å². The summed E-state index contributed by atoms with van der Waals surface area (Å²) < 4.78 is 1.15. The number of nitrogens with zero attached hydrogens (tertiary/aromatic N) is 3. The zero-order valence-electron chi connectivity index (χ0n) is 24.3. The summed E-state index contributed by atoms with van der Waals surface area (Å²) in [6, 6.07) is 56.7. The van der Waals surface area contributed by atoms with E-state index in [1.165, 1.54) is 11.1 Å². The fraction of sp³-hybridized carbons (Fsp3) is 0. The first-order valence-electron chi connectivity index (χ1n) is 15.0. The second-order valence-electron chi connectivity index (χ2n) is 10.9. The van der Waals surface area contributed by atoms with Gasteiger partial charge in [0.25, 0.3) is 0 Å². The van der Waals surface area contributed by atoms with E-state index in [9.17, 15) is 0 Å². The van der Waals surface area contributed by atoms with E-state index in [1.54, 1.807) is 11.3 Å². The predicted octanol–water partition coefficient (Wildman–Crippen LogP) is 11.1. The standard InChI is InChI=1S/C41H27N3S/c1-4-13-28(14-5-1)29-23-25-31(26-24-29)37-27-36(30-15-6-2-7-16-30)42-40(43-37)35-20-11-10-19-33(35)34-21-12-22-38-39(34)44-41(45-38)32-17-8-3-9-18-32/h1-27H. The van der Waals surface area contributed by atoms with E-state index in [0.717, 1.165) is 60.0 Å². The molecule has 0 atom stereocenters. The summed E-state index contributed by atoms with van der Waals surface area (Å²) in [4.78, 5) is 15.5. The third kappa shape index (κ3) is 5.33. The van der Waals surface area contributed by atoms with Crippen LogP contribution in [0.25, 0.3) is 76.9 Å². The Morgan fingerprint density at radius 1 is 0.356 bits per heavy atom. The molecular weight excluding hydrogens is 567 g/mol. The molecule has 0 aliphatic rings. The summed E-state index contributed by atoms with van der Waals surface area (Å²) >= 11 is 1.72. The molecule has 0 aliphatic heterocycles. The summed E-state index contributed by atoms with van der Waals surface area (Å²) in [5.74, 6) is 0.685. The van der Waals surface area contributed by atoms with Crippen LogP contribution >= 0.6 is 11.3 Å². The van der Waals surface area contributed by atoms with Crippen LogP contribution in [0.5, 0.6) is 0 Å². The smallest absolute Gasteiger partial charge is 0.161 e. The van der Waals surface area contributed by atoms with Crippen molar-refractivity contribution in [1.29, 1.82) is 0 Å². The van der Waals surface area contributed by atoms with Gasteiger partial charge >= 0.3 is 0 Å². The molecule has 45 heavy (non-hydrogen) atoms. The Kier molecular flexibility index (Phi) is 7.02. The van der Waals surface area contributed by atoms with Crippen molar-refractivity contribution >= 4 is 21.6 Å². The van der Waals surface area contributed by atoms with Crippen molar-refractivity contribution in [3.8, 4) is 66.7 Å². The van der Waals surface area contributed by atoms with Gasteiger partial charge < -0.3 is 0 Å². The van der Waals surface area contributed by atoms with Gasteiger partial charge in [0.2, 0.25) is 0 Å². The van der Waals surface area contributed by atoms with Crippen molar-refractivity contribution < 1.29 is 0 Å². The van der Waals surface area contributed by atoms with E-state index in [0.29, 0.717) is 5.82 Å². The molecule has 0 saturated heterocycles. The quantitative estimate of drug-likeness (QED) is 0.192. The largest absolute Gasteiger partial charge is 0.235 e. The number of aromatic nitrogens is 3. The van der Waals surface area contributed by atoms with Crippen LogP contribution in [0.2, 0.25) is 0 Å². The Morgan fingerprint density at radius 2 is 0.844 bits per heavy atom. The predicted molar refractivity (Wildman–Crippen MR) is 188 cm³/mol. The van der Waals surface area contributed by atoms with Crippen molar-refractivity contribution in [2.24, 2.45) is 0 Å². The van der Waals surface area contributed by atoms with Crippen LogP contribution in [0.3, 0.4) is 0 Å². The Hall–Kier alpha value is -5.71. The average Bonchev–Trinajstić information content (AvgIpc) is 3.58. The number of para-hydroxylation sites is 1. The van der Waals surface area contributed by atoms with Crippen LogP contribution in [-0.2, 0) is 0 Å². The fourth-order valence-electron chi connectivity index (χ4n) is 5.72. The molecule has 3 nitrogen and oxygen atoms in total. The van der Waals surface area contributed by atoms with Crippen LogP contribution in [0.4, 0.5) is 0 Å². The van der Waals surface area contributed by atoms with Crippen LogP contribution in [0, 0.1) is 0 Å². The van der Waals surface area contributed by atoms with Crippen molar-refractivity contribution in [1.82, 2.24) is 15.0 Å². The third-order valence-electron chi connectivity index (χ3n) is 7.98. The van der Waals surface area contributed by atoms with Gasteiger partial charge in [-0.25, -0.2) is 15.0 Å². The molecule has 8 rings (SSSR count). The molecule has 0 spiro atoms. The second-order valence-corrected chi connectivity index (χ2v) is 11.9. The Bertz CT molecular complexity index is 2240. The van der Waals surface area contributed by atoms with Crippen LogP contribution in [0.1, 0.15) is 0 Å². The molecule has 0 amide bonds. The van der Waals surface area contributed by atoms with Crippen molar-refractivity contribution in [3.05, 3.63) is 164 Å². The summed E-state index contributed by atoms with van der Waals surface area (Å²) in [5.41, 5.74) is 11.4. The molecule has 0 saturated carbocycles. The number of hydrogen-bond acceptors (Lipinski definition) is 4. The molecule has 0 radical (unpaired) electrons. The fourth-order valence-corrected chi connectivity index (χ4v) is 6.72. The van der Waals surface area contributed by atoms with E-state index >= 15 is 0 Å². The van der Waals surface area contributed by atoms with E-state index in [2.05, 4.69) is 133 Å². The Morgan fingerprint density at radius 3 is 1.51 bits per heavy atom. The van der Waals surface area contributed by atoms with Gasteiger partial charge in [0.15, 0.2) is 5.82 Å². The summed E-state index contributed by atoms with van der Waals surface area (Å²) in [7, 11) is 0. The van der Waals surface area contributed by atoms with Gasteiger partial charge in [0.05, 0.1) is 21.6 Å². The lowest BCUT2D eigenvalue weighted by Crippen LogP contribution is -1.97. The van der Waals surface area contributed by atoms with Gasteiger partial charge in [0.1, 0.15) is 5.01 Å². The number of thiazole rings is 1. The van der Waals surface area contributed by atoms with E-state index < -0.39 is 0 Å². The second kappa shape index (κ2) is 11.8. The molecule has 4 heteroatoms. The molecule has 212 valence electrons. The molecule has 0 N–H and O–H groups in total. The highest BCUT2D eigenvalue weighted by Crippen LogP contribution is 2.39. The highest BCUT2D eigenvalue weighted by Gasteiger charge is 2.17. The lowest BCUT2D eigenvalue weighted by atomic mass is 9.97. The first kappa shape index (κ1) is 26.9. The Labute approximate surface area is 266 Å². The molecule has 8 aromatic rings. The van der Waals surface area contributed by atoms with Gasteiger partial charge in [-0.2, -0.15) is 0 Å². The molecule has 0 bridgehead atoms. The maximum atomic E-state index is 5.19. The molecule has 2 heterocycles. The number of hydrogen-bond donors (Lipinski definition) is 0. The van der Waals surface area contributed by atoms with Gasteiger partial charge in [-0.15, -0.1) is 11.3 Å². The lowest BCUT2D eigenvalue weighted by Gasteiger charge is -2.13.